The summed E-state index contributed by atoms with van der Waals surface area (Å²) >= 11 is 6.01. The molecule has 5 rings (SSSR count). The Morgan fingerprint density at radius 3 is 2.39 bits per heavy atom. The number of anilines is 2. The number of nitrogens with one attached hydrogen (secondary N) is 2. The van der Waals surface area contributed by atoms with Crippen LogP contribution in [0.3, 0.4) is 0 Å². The fourth-order valence-corrected chi connectivity index (χ4v) is 6.32. The molecule has 1 aliphatic heterocycles. The molecular weight excluding hydrogens is 649 g/mol. The standard InChI is InChI=1S/C29H32ClF3N8O4S/c1-15-12-18(16(2)34-20-6-7-23(30)35-25(20)26(42)38-46(5,44)45)24-19(13-15)27(43)39(3)28(36-24)41-10-8-17(9-11-41)21-14-22(29(31,32)33)40(4)37-21/h6-7,12-14,16-17,34H,8-11H2,1-5H3,(H,38,42)/t16-/m1/s1. The Balaban J connectivity index is 1.46. The van der Waals surface area contributed by atoms with E-state index >= 15 is 0 Å². The quantitative estimate of drug-likeness (QED) is 0.273. The molecule has 3 aromatic heterocycles. The Kier molecular flexibility index (Phi) is 8.81. The van der Waals surface area contributed by atoms with Gasteiger partial charge < -0.3 is 10.2 Å². The molecule has 1 saturated heterocycles. The molecule has 1 fully saturated rings. The summed E-state index contributed by atoms with van der Waals surface area (Å²) in [4.78, 5) is 37.2. The first-order chi connectivity index (χ1) is 21.4. The highest BCUT2D eigenvalue weighted by Crippen LogP contribution is 2.35. The van der Waals surface area contributed by atoms with E-state index in [0.717, 1.165) is 22.6 Å². The number of carbonyl (C=O) groups is 1. The van der Waals surface area contributed by atoms with Crippen molar-refractivity contribution < 1.29 is 26.4 Å². The fraction of sp³-hybridized carbons (Fsp3) is 0.414. The number of pyridine rings is 1. The van der Waals surface area contributed by atoms with Crippen LogP contribution in [0.1, 0.15) is 64.7 Å². The molecule has 1 aliphatic rings. The number of piperidine rings is 1. The van der Waals surface area contributed by atoms with Crippen LogP contribution in [0.4, 0.5) is 24.8 Å². The molecule has 0 bridgehead atoms. The molecule has 0 saturated carbocycles. The largest absolute Gasteiger partial charge is 0.433 e. The summed E-state index contributed by atoms with van der Waals surface area (Å²) in [7, 11) is -0.975. The molecule has 2 N–H and O–H groups in total. The van der Waals surface area contributed by atoms with Gasteiger partial charge in [-0.1, -0.05) is 17.7 Å². The van der Waals surface area contributed by atoms with Crippen molar-refractivity contribution in [2.24, 2.45) is 14.1 Å². The van der Waals surface area contributed by atoms with Crippen LogP contribution in [-0.4, -0.2) is 58.0 Å². The van der Waals surface area contributed by atoms with Crippen molar-refractivity contribution in [1.29, 1.82) is 0 Å². The maximum atomic E-state index is 13.6. The van der Waals surface area contributed by atoms with Crippen molar-refractivity contribution in [1.82, 2.24) is 29.0 Å². The zero-order valence-corrected chi connectivity index (χ0v) is 27.2. The Morgan fingerprint density at radius 2 is 1.78 bits per heavy atom. The van der Waals surface area contributed by atoms with Crippen LogP contribution in [0.15, 0.2) is 35.1 Å². The summed E-state index contributed by atoms with van der Waals surface area (Å²) in [6.07, 6.45) is -2.62. The summed E-state index contributed by atoms with van der Waals surface area (Å²) < 4.78 is 67.6. The van der Waals surface area contributed by atoms with Crippen LogP contribution in [0.5, 0.6) is 0 Å². The second-order valence-electron chi connectivity index (χ2n) is 11.5. The lowest BCUT2D eigenvalue weighted by molar-refractivity contribution is -0.143. The van der Waals surface area contributed by atoms with Crippen LogP contribution in [0, 0.1) is 6.92 Å². The lowest BCUT2D eigenvalue weighted by Crippen LogP contribution is -2.38. The average molecular weight is 681 g/mol. The third-order valence-electron chi connectivity index (χ3n) is 7.91. The number of aromatic nitrogens is 5. The second-order valence-corrected chi connectivity index (χ2v) is 13.6. The van der Waals surface area contributed by atoms with E-state index in [1.165, 1.54) is 23.7 Å². The molecule has 1 atom stereocenters. The molecular formula is C29H32ClF3N8O4S. The van der Waals surface area contributed by atoms with Crippen molar-refractivity contribution in [3.8, 4) is 0 Å². The highest BCUT2D eigenvalue weighted by atomic mass is 35.5. The minimum Gasteiger partial charge on any atom is -0.377 e. The van der Waals surface area contributed by atoms with Crippen molar-refractivity contribution in [2.75, 3.05) is 29.6 Å². The zero-order chi connectivity index (χ0) is 33.7. The Bertz CT molecular complexity index is 2000. The molecule has 0 unspecified atom stereocenters. The summed E-state index contributed by atoms with van der Waals surface area (Å²) in [5.41, 5.74) is 1.14. The third kappa shape index (κ3) is 6.82. The minimum absolute atomic E-state index is 0.0136. The fourth-order valence-electron chi connectivity index (χ4n) is 5.74. The average Bonchev–Trinajstić information content (AvgIpc) is 3.37. The number of fused-ring (bicyclic) bond motifs is 1. The van der Waals surface area contributed by atoms with Gasteiger partial charge in [0.05, 0.1) is 34.6 Å². The van der Waals surface area contributed by atoms with Gasteiger partial charge in [0.25, 0.3) is 11.5 Å². The molecule has 1 aromatic carbocycles. The SMILES string of the molecule is Cc1cc([C@@H](C)Nc2ccc(Cl)nc2C(=O)NS(C)(=O)=O)c2nc(N3CCC(c4cc(C(F)(F)F)n(C)n4)CC3)n(C)c(=O)c2c1. The smallest absolute Gasteiger partial charge is 0.377 e. The Labute approximate surface area is 267 Å². The van der Waals surface area contributed by atoms with E-state index < -0.39 is 33.8 Å². The molecule has 12 nitrogen and oxygen atoms in total. The molecule has 0 spiro atoms. The number of aryl methyl sites for hydroxylation is 2. The van der Waals surface area contributed by atoms with Gasteiger partial charge in [-0.25, -0.2) is 23.1 Å². The highest BCUT2D eigenvalue weighted by molar-refractivity contribution is 7.89. The summed E-state index contributed by atoms with van der Waals surface area (Å²) in [5, 5.41) is 7.67. The summed E-state index contributed by atoms with van der Waals surface area (Å²) in [5.74, 6) is -0.737. The topological polar surface area (TPSA) is 144 Å². The van der Waals surface area contributed by atoms with Gasteiger partial charge in [0, 0.05) is 38.7 Å². The zero-order valence-electron chi connectivity index (χ0n) is 25.6. The monoisotopic (exact) mass is 680 g/mol. The van der Waals surface area contributed by atoms with Crippen LogP contribution in [-0.2, 0) is 30.3 Å². The molecule has 4 heterocycles. The molecule has 0 radical (unpaired) electrons. The highest BCUT2D eigenvalue weighted by Gasteiger charge is 2.36. The Hall–Kier alpha value is -4.18. The first-order valence-electron chi connectivity index (χ1n) is 14.3. The van der Waals surface area contributed by atoms with E-state index in [2.05, 4.69) is 15.4 Å². The van der Waals surface area contributed by atoms with Gasteiger partial charge in [0.1, 0.15) is 10.8 Å². The normalized spacial score (nSPS) is 15.3. The van der Waals surface area contributed by atoms with Crippen molar-refractivity contribution in [3.05, 3.63) is 74.0 Å². The molecule has 4 aromatic rings. The summed E-state index contributed by atoms with van der Waals surface area (Å²) in [6, 6.07) is 7.11. The van der Waals surface area contributed by atoms with Crippen LogP contribution < -0.4 is 20.5 Å². The Morgan fingerprint density at radius 1 is 1.11 bits per heavy atom. The van der Waals surface area contributed by atoms with E-state index in [9.17, 15) is 31.2 Å². The maximum Gasteiger partial charge on any atom is 0.433 e. The number of amides is 1. The summed E-state index contributed by atoms with van der Waals surface area (Å²) in [6.45, 7) is 4.52. The number of carbonyl (C=O) groups excluding carboxylic acids is 1. The maximum absolute atomic E-state index is 13.6. The second kappa shape index (κ2) is 12.2. The van der Waals surface area contributed by atoms with Crippen LogP contribution in [0.2, 0.25) is 5.15 Å². The van der Waals surface area contributed by atoms with Gasteiger partial charge in [0.2, 0.25) is 16.0 Å². The molecule has 46 heavy (non-hydrogen) atoms. The number of hydrogen-bond donors (Lipinski definition) is 2. The number of rotatable bonds is 7. The van der Waals surface area contributed by atoms with E-state index in [1.54, 1.807) is 20.0 Å². The van der Waals surface area contributed by atoms with E-state index in [-0.39, 0.29) is 28.0 Å². The molecule has 0 aliphatic carbocycles. The number of nitrogens with zero attached hydrogens (tertiary/aromatic N) is 6. The number of hydrogen-bond acceptors (Lipinski definition) is 9. The van der Waals surface area contributed by atoms with Crippen molar-refractivity contribution >= 4 is 50.1 Å². The van der Waals surface area contributed by atoms with Gasteiger partial charge >= 0.3 is 6.18 Å². The number of halogens is 4. The molecule has 246 valence electrons. The van der Waals surface area contributed by atoms with E-state index in [1.807, 2.05) is 22.6 Å². The van der Waals surface area contributed by atoms with Crippen molar-refractivity contribution in [3.63, 3.8) is 0 Å². The van der Waals surface area contributed by atoms with E-state index in [0.29, 0.717) is 54.0 Å². The van der Waals surface area contributed by atoms with Gasteiger partial charge in [-0.05, 0) is 56.5 Å². The molecule has 1 amide bonds. The van der Waals surface area contributed by atoms with Crippen LogP contribution >= 0.6 is 11.6 Å². The lowest BCUT2D eigenvalue weighted by Gasteiger charge is -2.33. The lowest BCUT2D eigenvalue weighted by atomic mass is 9.93. The first-order valence-corrected chi connectivity index (χ1v) is 16.5. The number of alkyl halides is 3. The molecule has 17 heteroatoms. The minimum atomic E-state index is -4.50. The predicted molar refractivity (Wildman–Crippen MR) is 168 cm³/mol. The van der Waals surface area contributed by atoms with Crippen LogP contribution in [0.25, 0.3) is 10.9 Å². The van der Waals surface area contributed by atoms with E-state index in [4.69, 9.17) is 16.6 Å². The predicted octanol–water partition coefficient (Wildman–Crippen LogP) is 4.29. The van der Waals surface area contributed by atoms with Crippen molar-refractivity contribution in [2.45, 2.75) is 44.8 Å². The van der Waals surface area contributed by atoms with Gasteiger partial charge in [-0.2, -0.15) is 18.3 Å². The van der Waals surface area contributed by atoms with Gasteiger partial charge in [-0.15, -0.1) is 0 Å². The number of benzene rings is 1. The number of sulfonamides is 1. The third-order valence-corrected chi connectivity index (χ3v) is 8.68. The first kappa shape index (κ1) is 33.2. The van der Waals surface area contributed by atoms with Gasteiger partial charge in [0.15, 0.2) is 5.69 Å². The van der Waals surface area contributed by atoms with Gasteiger partial charge in [-0.3, -0.25) is 18.8 Å².